The zero-order chi connectivity index (χ0) is 15.5. The minimum atomic E-state index is 0.0418. The van der Waals surface area contributed by atoms with E-state index in [1.807, 2.05) is 20.8 Å². The lowest BCUT2D eigenvalue weighted by Crippen LogP contribution is -2.22. The SMILES string of the molecule is CCNc1nc(NCC2(C(C)C)CC2)nc(OC(C)C)n1. The monoisotopic (exact) mass is 293 g/mol. The first kappa shape index (κ1) is 15.8. The summed E-state index contributed by atoms with van der Waals surface area (Å²) in [6.45, 7) is 12.2. The van der Waals surface area contributed by atoms with Crippen LogP contribution in [0.25, 0.3) is 0 Å². The highest BCUT2D eigenvalue weighted by Gasteiger charge is 2.45. The second-order valence-corrected chi connectivity index (χ2v) is 6.33. The summed E-state index contributed by atoms with van der Waals surface area (Å²) in [5.74, 6) is 1.81. The van der Waals surface area contributed by atoms with Crippen molar-refractivity contribution >= 4 is 11.9 Å². The molecule has 0 saturated heterocycles. The molecule has 1 heterocycles. The van der Waals surface area contributed by atoms with Crippen LogP contribution in [0.1, 0.15) is 47.5 Å². The highest BCUT2D eigenvalue weighted by molar-refractivity contribution is 5.36. The number of aromatic nitrogens is 3. The number of rotatable bonds is 8. The minimum Gasteiger partial charge on any atom is -0.461 e. The molecule has 1 aliphatic carbocycles. The van der Waals surface area contributed by atoms with Gasteiger partial charge in [-0.15, -0.1) is 0 Å². The van der Waals surface area contributed by atoms with Crippen LogP contribution in [0.15, 0.2) is 0 Å². The molecule has 21 heavy (non-hydrogen) atoms. The van der Waals surface area contributed by atoms with Gasteiger partial charge in [-0.3, -0.25) is 0 Å². The Morgan fingerprint density at radius 1 is 1.05 bits per heavy atom. The number of nitrogens with one attached hydrogen (secondary N) is 2. The lowest BCUT2D eigenvalue weighted by molar-refractivity contribution is 0.222. The van der Waals surface area contributed by atoms with Crippen molar-refractivity contribution in [2.45, 2.75) is 53.6 Å². The smallest absolute Gasteiger partial charge is 0.323 e. The first-order valence-corrected chi connectivity index (χ1v) is 7.85. The number of ether oxygens (including phenoxy) is 1. The maximum absolute atomic E-state index is 5.59. The van der Waals surface area contributed by atoms with Crippen molar-refractivity contribution in [3.63, 3.8) is 0 Å². The summed E-state index contributed by atoms with van der Waals surface area (Å²) >= 11 is 0. The maximum atomic E-state index is 5.59. The average molecular weight is 293 g/mol. The molecule has 0 aliphatic heterocycles. The van der Waals surface area contributed by atoms with E-state index in [0.29, 0.717) is 29.2 Å². The Morgan fingerprint density at radius 3 is 2.14 bits per heavy atom. The first-order valence-electron chi connectivity index (χ1n) is 7.85. The zero-order valence-corrected chi connectivity index (χ0v) is 13.7. The number of hydrogen-bond acceptors (Lipinski definition) is 6. The summed E-state index contributed by atoms with van der Waals surface area (Å²) in [6.07, 6.45) is 2.59. The normalized spacial score (nSPS) is 16.1. The van der Waals surface area contributed by atoms with Crippen molar-refractivity contribution < 1.29 is 4.74 Å². The highest BCUT2D eigenvalue weighted by Crippen LogP contribution is 2.51. The topological polar surface area (TPSA) is 72.0 Å². The van der Waals surface area contributed by atoms with Gasteiger partial charge in [-0.25, -0.2) is 0 Å². The summed E-state index contributed by atoms with van der Waals surface area (Å²) in [6, 6.07) is 0.368. The van der Waals surface area contributed by atoms with Gasteiger partial charge in [0.1, 0.15) is 0 Å². The number of hydrogen-bond donors (Lipinski definition) is 2. The minimum absolute atomic E-state index is 0.0418. The van der Waals surface area contributed by atoms with E-state index < -0.39 is 0 Å². The average Bonchev–Trinajstić information content (AvgIpc) is 3.17. The van der Waals surface area contributed by atoms with Crippen LogP contribution in [0.4, 0.5) is 11.9 Å². The fourth-order valence-corrected chi connectivity index (χ4v) is 2.31. The van der Waals surface area contributed by atoms with Crippen LogP contribution >= 0.6 is 0 Å². The van der Waals surface area contributed by atoms with Gasteiger partial charge >= 0.3 is 6.01 Å². The predicted molar refractivity (Wildman–Crippen MR) is 84.7 cm³/mol. The molecule has 118 valence electrons. The molecular formula is C15H27N5O. The molecule has 6 nitrogen and oxygen atoms in total. The fraction of sp³-hybridized carbons (Fsp3) is 0.800. The van der Waals surface area contributed by atoms with E-state index in [2.05, 4.69) is 39.4 Å². The van der Waals surface area contributed by atoms with E-state index in [4.69, 9.17) is 4.74 Å². The van der Waals surface area contributed by atoms with Crippen LogP contribution in [0.2, 0.25) is 0 Å². The van der Waals surface area contributed by atoms with Crippen molar-refractivity contribution in [2.24, 2.45) is 11.3 Å². The third-order valence-electron chi connectivity index (χ3n) is 4.01. The number of anilines is 2. The molecule has 0 bridgehead atoms. The van der Waals surface area contributed by atoms with Crippen LogP contribution in [0, 0.1) is 11.3 Å². The Bertz CT molecular complexity index is 471. The maximum Gasteiger partial charge on any atom is 0.323 e. The standard InChI is InChI=1S/C15H27N5O/c1-6-16-12-18-13(20-14(19-12)21-11(4)5)17-9-15(7-8-15)10(2)3/h10-11H,6-9H2,1-5H3,(H2,16,17,18,19,20). The van der Waals surface area contributed by atoms with Crippen molar-refractivity contribution in [1.29, 1.82) is 0 Å². The molecule has 1 fully saturated rings. The summed E-state index contributed by atoms with van der Waals surface area (Å²) in [7, 11) is 0. The first-order chi connectivity index (χ1) is 9.95. The quantitative estimate of drug-likeness (QED) is 0.768. The highest BCUT2D eigenvalue weighted by atomic mass is 16.5. The molecule has 2 rings (SSSR count). The Hall–Kier alpha value is -1.59. The van der Waals surface area contributed by atoms with E-state index in [1.54, 1.807) is 0 Å². The van der Waals surface area contributed by atoms with Crippen LogP contribution < -0.4 is 15.4 Å². The molecular weight excluding hydrogens is 266 g/mol. The Balaban J connectivity index is 2.08. The van der Waals surface area contributed by atoms with Crippen molar-refractivity contribution in [1.82, 2.24) is 15.0 Å². The van der Waals surface area contributed by atoms with Gasteiger partial charge in [0.15, 0.2) is 0 Å². The van der Waals surface area contributed by atoms with Crippen LogP contribution in [-0.2, 0) is 0 Å². The molecule has 1 aromatic heterocycles. The molecule has 0 amide bonds. The molecule has 0 unspecified atom stereocenters. The molecule has 1 aliphatic rings. The third-order valence-corrected chi connectivity index (χ3v) is 4.01. The molecule has 6 heteroatoms. The molecule has 0 spiro atoms. The summed E-state index contributed by atoms with van der Waals surface area (Å²) in [5.41, 5.74) is 0.407. The van der Waals surface area contributed by atoms with Crippen LogP contribution in [0.3, 0.4) is 0 Å². The van der Waals surface area contributed by atoms with Crippen molar-refractivity contribution in [3.8, 4) is 6.01 Å². The van der Waals surface area contributed by atoms with Gasteiger partial charge in [0.05, 0.1) is 6.10 Å². The molecule has 1 saturated carbocycles. The third kappa shape index (κ3) is 4.19. The summed E-state index contributed by atoms with van der Waals surface area (Å²) in [5, 5.41) is 6.47. The molecule has 0 aromatic carbocycles. The van der Waals surface area contributed by atoms with E-state index in [9.17, 15) is 0 Å². The predicted octanol–water partition coefficient (Wildman–Crippen LogP) is 2.94. The van der Waals surface area contributed by atoms with Gasteiger partial charge in [-0.2, -0.15) is 15.0 Å². The zero-order valence-electron chi connectivity index (χ0n) is 13.7. The Labute approximate surface area is 127 Å². The molecule has 2 N–H and O–H groups in total. The van der Waals surface area contributed by atoms with Gasteiger partial charge < -0.3 is 15.4 Å². The van der Waals surface area contributed by atoms with Gasteiger partial charge in [-0.05, 0) is 44.9 Å². The largest absolute Gasteiger partial charge is 0.461 e. The van der Waals surface area contributed by atoms with E-state index in [1.165, 1.54) is 12.8 Å². The Morgan fingerprint density at radius 2 is 1.67 bits per heavy atom. The number of nitrogens with zero attached hydrogens (tertiary/aromatic N) is 3. The van der Waals surface area contributed by atoms with Gasteiger partial charge in [0, 0.05) is 13.1 Å². The van der Waals surface area contributed by atoms with Gasteiger partial charge in [0.2, 0.25) is 11.9 Å². The summed E-state index contributed by atoms with van der Waals surface area (Å²) < 4.78 is 5.59. The lowest BCUT2D eigenvalue weighted by atomic mass is 9.92. The Kier molecular flexibility index (Phi) is 4.85. The second-order valence-electron chi connectivity index (χ2n) is 6.33. The molecule has 1 aromatic rings. The van der Waals surface area contributed by atoms with E-state index >= 15 is 0 Å². The fourth-order valence-electron chi connectivity index (χ4n) is 2.31. The lowest BCUT2D eigenvalue weighted by Gasteiger charge is -2.20. The van der Waals surface area contributed by atoms with Crippen molar-refractivity contribution in [3.05, 3.63) is 0 Å². The summed E-state index contributed by atoms with van der Waals surface area (Å²) in [4.78, 5) is 13.0. The van der Waals surface area contributed by atoms with Crippen LogP contribution in [0.5, 0.6) is 6.01 Å². The van der Waals surface area contributed by atoms with E-state index in [0.717, 1.165) is 13.1 Å². The van der Waals surface area contributed by atoms with Crippen LogP contribution in [-0.4, -0.2) is 34.1 Å². The van der Waals surface area contributed by atoms with Crippen molar-refractivity contribution in [2.75, 3.05) is 23.7 Å². The van der Waals surface area contributed by atoms with E-state index in [-0.39, 0.29) is 6.10 Å². The molecule has 0 radical (unpaired) electrons. The second kappa shape index (κ2) is 6.45. The molecule has 0 atom stereocenters. The van der Waals surface area contributed by atoms with Gasteiger partial charge in [-0.1, -0.05) is 13.8 Å². The van der Waals surface area contributed by atoms with Gasteiger partial charge in [0.25, 0.3) is 0 Å².